The predicted octanol–water partition coefficient (Wildman–Crippen LogP) is 3.36. The third-order valence-corrected chi connectivity index (χ3v) is 4.33. The topological polar surface area (TPSA) is 40.5 Å². The third-order valence-electron chi connectivity index (χ3n) is 4.33. The van der Waals surface area contributed by atoms with E-state index in [4.69, 9.17) is 0 Å². The maximum atomic E-state index is 13.0. The summed E-state index contributed by atoms with van der Waals surface area (Å²) >= 11 is 0. The van der Waals surface area contributed by atoms with Crippen molar-refractivity contribution in [3.8, 4) is 0 Å². The van der Waals surface area contributed by atoms with Crippen molar-refractivity contribution in [1.82, 2.24) is 4.90 Å². The molecule has 1 fully saturated rings. The van der Waals surface area contributed by atoms with Crippen LogP contribution >= 0.6 is 0 Å². The molecule has 0 radical (unpaired) electrons. The molecule has 0 unspecified atom stereocenters. The van der Waals surface area contributed by atoms with Gasteiger partial charge in [-0.05, 0) is 29.9 Å². The van der Waals surface area contributed by atoms with Crippen molar-refractivity contribution in [2.75, 3.05) is 13.2 Å². The minimum atomic E-state index is -0.0627. The molecule has 0 bridgehead atoms. The molecule has 2 rings (SSSR count). The van der Waals surface area contributed by atoms with Crippen LogP contribution in [0, 0.1) is 0 Å². The number of amides is 1. The fourth-order valence-corrected chi connectivity index (χ4v) is 3.25. The van der Waals surface area contributed by atoms with Gasteiger partial charge < -0.3 is 10.0 Å². The molecule has 1 saturated carbocycles. The number of rotatable bonds is 4. The first-order valence-corrected chi connectivity index (χ1v) is 7.96. The lowest BCUT2D eigenvalue weighted by atomic mass is 9.83. The second kappa shape index (κ2) is 6.61. The summed E-state index contributed by atoms with van der Waals surface area (Å²) in [6, 6.07) is 8.16. The van der Waals surface area contributed by atoms with Crippen molar-refractivity contribution >= 4 is 5.91 Å². The van der Waals surface area contributed by atoms with E-state index in [2.05, 4.69) is 20.8 Å². The smallest absolute Gasteiger partial charge is 0.254 e. The quantitative estimate of drug-likeness (QED) is 0.923. The number of nitrogens with zero attached hydrogens (tertiary/aromatic N) is 1. The molecule has 116 valence electrons. The van der Waals surface area contributed by atoms with Crippen molar-refractivity contribution in [2.24, 2.45) is 0 Å². The zero-order chi connectivity index (χ0) is 15.5. The van der Waals surface area contributed by atoms with Crippen LogP contribution in [0.25, 0.3) is 0 Å². The molecule has 1 aliphatic carbocycles. The van der Waals surface area contributed by atoms with Crippen LogP contribution in [0.4, 0.5) is 0 Å². The van der Waals surface area contributed by atoms with Gasteiger partial charge in [-0.2, -0.15) is 0 Å². The summed E-state index contributed by atoms with van der Waals surface area (Å²) in [5.74, 6) is 0.0708. The van der Waals surface area contributed by atoms with Gasteiger partial charge in [-0.25, -0.2) is 0 Å². The van der Waals surface area contributed by atoms with Crippen molar-refractivity contribution in [3.05, 3.63) is 35.4 Å². The molecular formula is C18H27NO2. The minimum absolute atomic E-state index is 0.0277. The van der Waals surface area contributed by atoms with E-state index >= 15 is 0 Å². The molecule has 1 aromatic rings. The van der Waals surface area contributed by atoms with Gasteiger partial charge in [0, 0.05) is 18.2 Å². The lowest BCUT2D eigenvalue weighted by molar-refractivity contribution is 0.0635. The summed E-state index contributed by atoms with van der Waals surface area (Å²) in [7, 11) is 0. The summed E-state index contributed by atoms with van der Waals surface area (Å²) in [6.45, 7) is 6.85. The van der Waals surface area contributed by atoms with Gasteiger partial charge in [0.15, 0.2) is 0 Å². The fraction of sp³-hybridized carbons (Fsp3) is 0.611. The highest BCUT2D eigenvalue weighted by atomic mass is 16.3. The highest BCUT2D eigenvalue weighted by Crippen LogP contribution is 2.29. The Labute approximate surface area is 128 Å². The lowest BCUT2D eigenvalue weighted by Gasteiger charge is -2.31. The van der Waals surface area contributed by atoms with Crippen LogP contribution in [0.5, 0.6) is 0 Å². The molecule has 0 aromatic heterocycles. The normalized spacial score (nSPS) is 16.2. The summed E-state index contributed by atoms with van der Waals surface area (Å²) in [5, 5.41) is 9.33. The third kappa shape index (κ3) is 3.65. The highest BCUT2D eigenvalue weighted by molar-refractivity contribution is 5.96. The Hall–Kier alpha value is -1.35. The zero-order valence-electron chi connectivity index (χ0n) is 13.4. The summed E-state index contributed by atoms with van der Waals surface area (Å²) in [4.78, 5) is 14.9. The molecule has 0 heterocycles. The van der Waals surface area contributed by atoms with Gasteiger partial charge >= 0.3 is 0 Å². The Kier molecular flexibility index (Phi) is 5.04. The van der Waals surface area contributed by atoms with Crippen LogP contribution in [-0.4, -0.2) is 35.1 Å². The molecule has 1 amide bonds. The Morgan fingerprint density at radius 2 is 1.86 bits per heavy atom. The standard InChI is InChI=1S/C18H27NO2/c1-18(2,3)16-11-7-6-10-15(16)17(21)19(12-13-20)14-8-4-5-9-14/h6-7,10-11,14,20H,4-5,8-9,12-13H2,1-3H3. The van der Waals surface area contributed by atoms with E-state index in [1.54, 1.807) is 0 Å². The van der Waals surface area contributed by atoms with Gasteiger partial charge in [0.1, 0.15) is 0 Å². The van der Waals surface area contributed by atoms with Crippen molar-refractivity contribution in [2.45, 2.75) is 57.9 Å². The first-order chi connectivity index (χ1) is 9.95. The average Bonchev–Trinajstić information content (AvgIpc) is 2.97. The monoisotopic (exact) mass is 289 g/mol. The Balaban J connectivity index is 2.32. The Morgan fingerprint density at radius 3 is 2.43 bits per heavy atom. The van der Waals surface area contributed by atoms with Crippen LogP contribution < -0.4 is 0 Å². The van der Waals surface area contributed by atoms with E-state index in [9.17, 15) is 9.90 Å². The second-order valence-corrected chi connectivity index (χ2v) is 6.96. The number of carbonyl (C=O) groups excluding carboxylic acids is 1. The zero-order valence-corrected chi connectivity index (χ0v) is 13.4. The number of aliphatic hydroxyl groups is 1. The lowest BCUT2D eigenvalue weighted by Crippen LogP contribution is -2.41. The summed E-state index contributed by atoms with van der Waals surface area (Å²) in [6.07, 6.45) is 4.48. The molecule has 1 N–H and O–H groups in total. The molecule has 0 saturated heterocycles. The van der Waals surface area contributed by atoms with Gasteiger partial charge in [-0.1, -0.05) is 51.8 Å². The molecule has 0 spiro atoms. The molecular weight excluding hydrogens is 262 g/mol. The van der Waals surface area contributed by atoms with E-state index in [-0.39, 0.29) is 24.0 Å². The number of hydrogen-bond donors (Lipinski definition) is 1. The number of hydrogen-bond acceptors (Lipinski definition) is 2. The van der Waals surface area contributed by atoms with Crippen LogP contribution in [0.3, 0.4) is 0 Å². The molecule has 21 heavy (non-hydrogen) atoms. The second-order valence-electron chi connectivity index (χ2n) is 6.96. The maximum absolute atomic E-state index is 13.0. The largest absolute Gasteiger partial charge is 0.395 e. The molecule has 1 aliphatic rings. The Morgan fingerprint density at radius 1 is 1.24 bits per heavy atom. The van der Waals surface area contributed by atoms with Crippen LogP contribution in [0.2, 0.25) is 0 Å². The predicted molar refractivity (Wildman–Crippen MR) is 85.5 cm³/mol. The molecule has 3 heteroatoms. The van der Waals surface area contributed by atoms with Gasteiger partial charge in [0.05, 0.1) is 6.61 Å². The summed E-state index contributed by atoms with van der Waals surface area (Å²) in [5.41, 5.74) is 1.80. The van der Waals surface area contributed by atoms with Gasteiger partial charge in [0.25, 0.3) is 5.91 Å². The van der Waals surface area contributed by atoms with Gasteiger partial charge in [0.2, 0.25) is 0 Å². The maximum Gasteiger partial charge on any atom is 0.254 e. The van der Waals surface area contributed by atoms with Crippen molar-refractivity contribution in [3.63, 3.8) is 0 Å². The average molecular weight is 289 g/mol. The SMILES string of the molecule is CC(C)(C)c1ccccc1C(=O)N(CCO)C1CCCC1. The number of aliphatic hydroxyl groups excluding tert-OH is 1. The fourth-order valence-electron chi connectivity index (χ4n) is 3.25. The minimum Gasteiger partial charge on any atom is -0.395 e. The highest BCUT2D eigenvalue weighted by Gasteiger charge is 2.30. The van der Waals surface area contributed by atoms with E-state index in [0.717, 1.165) is 24.0 Å². The van der Waals surface area contributed by atoms with Crippen LogP contribution in [0.15, 0.2) is 24.3 Å². The summed E-state index contributed by atoms with van der Waals surface area (Å²) < 4.78 is 0. The van der Waals surface area contributed by atoms with E-state index in [1.165, 1.54) is 12.8 Å². The molecule has 3 nitrogen and oxygen atoms in total. The van der Waals surface area contributed by atoms with Gasteiger partial charge in [-0.15, -0.1) is 0 Å². The molecule has 0 atom stereocenters. The Bertz CT molecular complexity index is 484. The first-order valence-electron chi connectivity index (χ1n) is 7.96. The van der Waals surface area contributed by atoms with E-state index < -0.39 is 0 Å². The van der Waals surface area contributed by atoms with Crippen LogP contribution in [-0.2, 0) is 5.41 Å². The number of carbonyl (C=O) groups is 1. The molecule has 1 aromatic carbocycles. The van der Waals surface area contributed by atoms with E-state index in [1.807, 2.05) is 29.2 Å². The molecule has 0 aliphatic heterocycles. The number of benzene rings is 1. The van der Waals surface area contributed by atoms with Crippen LogP contribution in [0.1, 0.15) is 62.4 Å². The van der Waals surface area contributed by atoms with E-state index in [0.29, 0.717) is 6.54 Å². The van der Waals surface area contributed by atoms with Gasteiger partial charge in [-0.3, -0.25) is 4.79 Å². The first kappa shape index (κ1) is 16.0. The van der Waals surface area contributed by atoms with Crippen molar-refractivity contribution in [1.29, 1.82) is 0 Å². The van der Waals surface area contributed by atoms with Crippen molar-refractivity contribution < 1.29 is 9.90 Å².